The third-order valence-electron chi connectivity index (χ3n) is 6.76. The van der Waals surface area contributed by atoms with Crippen molar-refractivity contribution in [3.63, 3.8) is 0 Å². The minimum Gasteiger partial charge on any atom is -0.369 e. The number of aromatic nitrogens is 2. The lowest BCUT2D eigenvalue weighted by molar-refractivity contribution is -0.114. The van der Waals surface area contributed by atoms with Crippen molar-refractivity contribution in [3.8, 4) is 0 Å². The van der Waals surface area contributed by atoms with E-state index >= 15 is 0 Å². The third kappa shape index (κ3) is 5.40. The molecule has 3 aromatic rings. The average Bonchev–Trinajstić information content (AvgIpc) is 3.40. The molecule has 1 atom stereocenters. The van der Waals surface area contributed by atoms with Gasteiger partial charge in [0.2, 0.25) is 0 Å². The van der Waals surface area contributed by atoms with E-state index in [1.165, 1.54) is 11.6 Å². The summed E-state index contributed by atoms with van der Waals surface area (Å²) in [7, 11) is 2.14. The zero-order valence-electron chi connectivity index (χ0n) is 20.6. The summed E-state index contributed by atoms with van der Waals surface area (Å²) < 4.78 is 0. The fourth-order valence-electron chi connectivity index (χ4n) is 4.78. The number of nitrogens with zero attached hydrogens (tertiary/aromatic N) is 5. The highest BCUT2D eigenvalue weighted by Gasteiger charge is 2.29. The maximum absolute atomic E-state index is 12.3. The summed E-state index contributed by atoms with van der Waals surface area (Å²) in [6, 6.07) is 18.5. The van der Waals surface area contributed by atoms with Gasteiger partial charge in [0.25, 0.3) is 0 Å². The molecule has 0 radical (unpaired) electrons. The molecule has 8 nitrogen and oxygen atoms in total. The number of carbonyl (C=O) groups excluding carboxylic acids is 1. The summed E-state index contributed by atoms with van der Waals surface area (Å²) in [4.78, 5) is 31.8. The van der Waals surface area contributed by atoms with Gasteiger partial charge in [0.05, 0.1) is 12.6 Å². The SMILES string of the molecule is C=CC(=O)Cc1cc(Nc2cc(N3OCC[C@@H]3c3ccccc3)ncn2)ccc1N1CCN(C)CC1. The van der Waals surface area contributed by atoms with Crippen molar-refractivity contribution in [2.24, 2.45) is 0 Å². The van der Waals surface area contributed by atoms with Gasteiger partial charge in [0, 0.05) is 56.5 Å². The molecule has 8 heteroatoms. The number of anilines is 4. The highest BCUT2D eigenvalue weighted by molar-refractivity contribution is 5.92. The van der Waals surface area contributed by atoms with Crippen LogP contribution in [-0.4, -0.2) is 60.5 Å². The number of benzene rings is 2. The average molecular weight is 485 g/mol. The number of allylic oxidation sites excluding steroid dienone is 1. The lowest BCUT2D eigenvalue weighted by atomic mass is 10.0. The number of carbonyl (C=O) groups is 1. The monoisotopic (exact) mass is 484 g/mol. The smallest absolute Gasteiger partial charge is 0.159 e. The van der Waals surface area contributed by atoms with E-state index in [4.69, 9.17) is 4.84 Å². The molecular formula is C28H32N6O2. The van der Waals surface area contributed by atoms with E-state index < -0.39 is 0 Å². The van der Waals surface area contributed by atoms with Crippen LogP contribution in [0, 0.1) is 0 Å². The van der Waals surface area contributed by atoms with Crippen molar-refractivity contribution in [1.82, 2.24) is 14.9 Å². The molecule has 0 bridgehead atoms. The molecular weight excluding hydrogens is 452 g/mol. The fraction of sp³-hybridized carbons (Fsp3) is 0.321. The Morgan fingerprint density at radius 2 is 1.92 bits per heavy atom. The number of likely N-dealkylation sites (N-methyl/N-ethyl adjacent to an activating group) is 1. The second-order valence-electron chi connectivity index (χ2n) is 9.24. The largest absolute Gasteiger partial charge is 0.369 e. The van der Waals surface area contributed by atoms with Crippen molar-refractivity contribution in [3.05, 3.63) is 84.7 Å². The molecule has 2 aromatic carbocycles. The van der Waals surface area contributed by atoms with Crippen LogP contribution in [0.2, 0.25) is 0 Å². The zero-order valence-corrected chi connectivity index (χ0v) is 20.6. The van der Waals surface area contributed by atoms with E-state index in [0.717, 1.165) is 49.5 Å². The van der Waals surface area contributed by atoms with Gasteiger partial charge in [-0.25, -0.2) is 15.0 Å². The molecule has 3 heterocycles. The van der Waals surface area contributed by atoms with Crippen LogP contribution in [0.5, 0.6) is 0 Å². The molecule has 0 saturated carbocycles. The number of hydrogen-bond donors (Lipinski definition) is 1. The molecule has 0 unspecified atom stereocenters. The molecule has 2 aliphatic rings. The first kappa shape index (κ1) is 24.0. The van der Waals surface area contributed by atoms with Gasteiger partial charge < -0.3 is 15.1 Å². The van der Waals surface area contributed by atoms with Crippen LogP contribution in [0.4, 0.5) is 23.0 Å². The van der Waals surface area contributed by atoms with Gasteiger partial charge in [-0.15, -0.1) is 0 Å². The quantitative estimate of drug-likeness (QED) is 0.478. The van der Waals surface area contributed by atoms with Gasteiger partial charge in [0.1, 0.15) is 12.1 Å². The number of piperazine rings is 1. The molecule has 2 fully saturated rings. The topological polar surface area (TPSA) is 73.8 Å². The molecule has 36 heavy (non-hydrogen) atoms. The van der Waals surface area contributed by atoms with E-state index in [1.807, 2.05) is 41.5 Å². The number of ketones is 1. The highest BCUT2D eigenvalue weighted by Crippen LogP contribution is 2.35. The first-order chi connectivity index (χ1) is 17.6. The van der Waals surface area contributed by atoms with Crippen molar-refractivity contribution in [2.45, 2.75) is 18.9 Å². The summed E-state index contributed by atoms with van der Waals surface area (Å²) in [6.45, 7) is 8.17. The van der Waals surface area contributed by atoms with Gasteiger partial charge in [-0.2, -0.15) is 0 Å². The first-order valence-electron chi connectivity index (χ1n) is 12.4. The maximum Gasteiger partial charge on any atom is 0.159 e. The Balaban J connectivity index is 1.37. The molecule has 2 aliphatic heterocycles. The molecule has 186 valence electrons. The van der Waals surface area contributed by atoms with Crippen LogP contribution in [-0.2, 0) is 16.1 Å². The maximum atomic E-state index is 12.3. The standard InChI is InChI=1S/C28H32N6O2/c1-3-24(35)18-22-17-23(9-10-25(22)33-14-12-32(2)13-15-33)31-27-19-28(30-20-29-27)34-26(11-16-36-34)21-7-5-4-6-8-21/h3-10,17,19-20,26H,1,11-16,18H2,2H3,(H,29,30,31)/t26-/m1/s1. The van der Waals surface area contributed by atoms with Crippen molar-refractivity contribution >= 4 is 28.8 Å². The molecule has 0 spiro atoms. The highest BCUT2D eigenvalue weighted by atomic mass is 16.7. The predicted octanol–water partition coefficient (Wildman–Crippen LogP) is 4.15. The minimum atomic E-state index is 0.00462. The van der Waals surface area contributed by atoms with Crippen LogP contribution in [0.3, 0.4) is 0 Å². The first-order valence-corrected chi connectivity index (χ1v) is 12.4. The number of rotatable bonds is 8. The minimum absolute atomic E-state index is 0.00462. The molecule has 0 amide bonds. The summed E-state index contributed by atoms with van der Waals surface area (Å²) in [5.74, 6) is 1.37. The Hall–Kier alpha value is -3.75. The number of nitrogens with one attached hydrogen (secondary N) is 1. The van der Waals surface area contributed by atoms with Crippen molar-refractivity contribution in [1.29, 1.82) is 0 Å². The van der Waals surface area contributed by atoms with Gasteiger partial charge in [-0.1, -0.05) is 36.9 Å². The molecule has 0 aliphatic carbocycles. The molecule has 1 N–H and O–H groups in total. The number of hydroxylamine groups is 1. The van der Waals surface area contributed by atoms with E-state index in [0.29, 0.717) is 24.7 Å². The Bertz CT molecular complexity index is 1210. The lowest BCUT2D eigenvalue weighted by Gasteiger charge is -2.35. The predicted molar refractivity (Wildman–Crippen MR) is 143 cm³/mol. The lowest BCUT2D eigenvalue weighted by Crippen LogP contribution is -2.44. The van der Waals surface area contributed by atoms with E-state index in [2.05, 4.69) is 56.9 Å². The van der Waals surface area contributed by atoms with Gasteiger partial charge >= 0.3 is 0 Å². The molecule has 1 aromatic heterocycles. The fourth-order valence-corrected chi connectivity index (χ4v) is 4.78. The molecule has 5 rings (SSSR count). The summed E-state index contributed by atoms with van der Waals surface area (Å²) >= 11 is 0. The Morgan fingerprint density at radius 1 is 1.11 bits per heavy atom. The van der Waals surface area contributed by atoms with E-state index in [-0.39, 0.29) is 11.8 Å². The second-order valence-corrected chi connectivity index (χ2v) is 9.24. The van der Waals surface area contributed by atoms with Crippen molar-refractivity contribution < 1.29 is 9.63 Å². The van der Waals surface area contributed by atoms with Crippen LogP contribution >= 0.6 is 0 Å². The summed E-state index contributed by atoms with van der Waals surface area (Å²) in [5, 5.41) is 5.26. The Labute approximate surface area is 212 Å². The van der Waals surface area contributed by atoms with Crippen molar-refractivity contribution in [2.75, 3.05) is 55.1 Å². The van der Waals surface area contributed by atoms with Gasteiger partial charge in [0.15, 0.2) is 11.6 Å². The summed E-state index contributed by atoms with van der Waals surface area (Å²) in [5.41, 5.74) is 4.14. The van der Waals surface area contributed by atoms with Gasteiger partial charge in [-0.05, 0) is 42.4 Å². The van der Waals surface area contributed by atoms with Crippen LogP contribution in [0.1, 0.15) is 23.6 Å². The van der Waals surface area contributed by atoms with Crippen LogP contribution < -0.4 is 15.3 Å². The second kappa shape index (κ2) is 10.9. The zero-order chi connectivity index (χ0) is 24.9. The summed E-state index contributed by atoms with van der Waals surface area (Å²) in [6.07, 6.45) is 4.15. The third-order valence-corrected chi connectivity index (χ3v) is 6.76. The van der Waals surface area contributed by atoms with E-state index in [9.17, 15) is 4.79 Å². The van der Waals surface area contributed by atoms with Crippen LogP contribution in [0.15, 0.2) is 73.6 Å². The number of hydrogen-bond acceptors (Lipinski definition) is 8. The van der Waals surface area contributed by atoms with Gasteiger partial charge in [-0.3, -0.25) is 9.63 Å². The normalized spacial score (nSPS) is 18.3. The Kier molecular flexibility index (Phi) is 7.25. The molecule has 2 saturated heterocycles. The van der Waals surface area contributed by atoms with Crippen LogP contribution in [0.25, 0.3) is 0 Å². The van der Waals surface area contributed by atoms with E-state index in [1.54, 1.807) is 6.33 Å². The Morgan fingerprint density at radius 3 is 2.69 bits per heavy atom.